The second kappa shape index (κ2) is 11.7. The molecule has 3 aromatic carbocycles. The van der Waals surface area contributed by atoms with Gasteiger partial charge in [0.05, 0.1) is 7.11 Å². The molecule has 37 heavy (non-hydrogen) atoms. The minimum Gasteiger partial charge on any atom is -0.497 e. The number of rotatable bonds is 9. The maximum absolute atomic E-state index is 13.1. The van der Waals surface area contributed by atoms with Crippen molar-refractivity contribution in [2.24, 2.45) is 0 Å². The fourth-order valence-corrected chi connectivity index (χ4v) is 3.61. The lowest BCUT2D eigenvalue weighted by Gasteiger charge is -2.18. The molecule has 0 radical (unpaired) electrons. The molecule has 190 valence electrons. The minimum atomic E-state index is -0.900. The summed E-state index contributed by atoms with van der Waals surface area (Å²) in [6.45, 7) is 0.155. The van der Waals surface area contributed by atoms with Crippen LogP contribution in [0.3, 0.4) is 0 Å². The zero-order valence-electron chi connectivity index (χ0n) is 19.9. The topological polar surface area (TPSA) is 135 Å². The van der Waals surface area contributed by atoms with E-state index in [4.69, 9.17) is 19.4 Å². The molecule has 1 heterocycles. The molecule has 1 aliphatic heterocycles. The van der Waals surface area contributed by atoms with Crippen molar-refractivity contribution in [3.63, 3.8) is 0 Å². The minimum absolute atomic E-state index is 0.155. The Bertz CT molecular complexity index is 1300. The van der Waals surface area contributed by atoms with E-state index in [1.807, 2.05) is 12.1 Å². The van der Waals surface area contributed by atoms with Crippen molar-refractivity contribution in [2.75, 3.05) is 19.2 Å². The van der Waals surface area contributed by atoms with Crippen LogP contribution in [0, 0.1) is 0 Å². The number of carbonyl (C=O) groups is 3. The van der Waals surface area contributed by atoms with Crippen molar-refractivity contribution >= 4 is 29.5 Å². The number of fused-ring (bicyclic) bond motifs is 1. The summed E-state index contributed by atoms with van der Waals surface area (Å²) < 4.78 is 15.8. The predicted molar refractivity (Wildman–Crippen MR) is 135 cm³/mol. The fourth-order valence-electron chi connectivity index (χ4n) is 3.61. The highest BCUT2D eigenvalue weighted by molar-refractivity contribution is 6.00. The highest BCUT2D eigenvalue weighted by Gasteiger charge is 2.21. The number of ether oxygens (including phenoxy) is 3. The zero-order valence-corrected chi connectivity index (χ0v) is 19.9. The molecule has 0 saturated heterocycles. The third kappa shape index (κ3) is 6.65. The van der Waals surface area contributed by atoms with Gasteiger partial charge in [-0.05, 0) is 65.7 Å². The highest BCUT2D eigenvalue weighted by atomic mass is 16.7. The van der Waals surface area contributed by atoms with Gasteiger partial charge in [0, 0.05) is 23.7 Å². The van der Waals surface area contributed by atoms with Crippen LogP contribution in [-0.4, -0.2) is 42.9 Å². The molecule has 10 heteroatoms. The average molecular weight is 504 g/mol. The Balaban J connectivity index is 1.47. The number of hydrogen-bond acceptors (Lipinski definition) is 7. The lowest BCUT2D eigenvalue weighted by Crippen LogP contribution is -2.44. The summed E-state index contributed by atoms with van der Waals surface area (Å²) in [6.07, 6.45) is 3.18. The van der Waals surface area contributed by atoms with Crippen molar-refractivity contribution in [1.82, 2.24) is 10.8 Å². The quantitative estimate of drug-likeness (QED) is 0.200. The Morgan fingerprint density at radius 1 is 1.00 bits per heavy atom. The van der Waals surface area contributed by atoms with E-state index in [9.17, 15) is 14.4 Å². The molecule has 10 nitrogen and oxygen atoms in total. The van der Waals surface area contributed by atoms with Crippen LogP contribution in [0.2, 0.25) is 0 Å². The van der Waals surface area contributed by atoms with Crippen LogP contribution in [0.4, 0.5) is 5.69 Å². The summed E-state index contributed by atoms with van der Waals surface area (Å²) in [5.74, 6) is 0.343. The molecular weight excluding hydrogens is 478 g/mol. The number of nitrogens with one attached hydrogen (secondary N) is 3. The van der Waals surface area contributed by atoms with E-state index in [0.717, 1.165) is 11.1 Å². The molecule has 4 rings (SSSR count). The number of hydrogen-bond donors (Lipinski definition) is 4. The van der Waals surface area contributed by atoms with Gasteiger partial charge in [0.25, 0.3) is 5.91 Å². The van der Waals surface area contributed by atoms with Crippen LogP contribution in [-0.2, 0) is 16.0 Å². The molecule has 3 amide bonds. The molecule has 0 aromatic heterocycles. The summed E-state index contributed by atoms with van der Waals surface area (Å²) in [5, 5.41) is 14.3. The molecule has 0 spiro atoms. The maximum Gasteiger partial charge on any atom is 0.274 e. The molecule has 0 fully saturated rings. The van der Waals surface area contributed by atoms with E-state index in [-0.39, 0.29) is 18.8 Å². The van der Waals surface area contributed by atoms with Crippen LogP contribution in [0.15, 0.2) is 72.8 Å². The van der Waals surface area contributed by atoms with E-state index in [1.54, 1.807) is 49.0 Å². The highest BCUT2D eigenvalue weighted by Crippen LogP contribution is 2.32. The third-order valence-electron chi connectivity index (χ3n) is 5.57. The van der Waals surface area contributed by atoms with Gasteiger partial charge in [-0.15, -0.1) is 0 Å². The number of carbonyl (C=O) groups excluding carboxylic acids is 3. The van der Waals surface area contributed by atoms with Gasteiger partial charge in [0.15, 0.2) is 11.5 Å². The van der Waals surface area contributed by atoms with Crippen molar-refractivity contribution in [1.29, 1.82) is 0 Å². The maximum atomic E-state index is 13.1. The van der Waals surface area contributed by atoms with Gasteiger partial charge in [-0.2, -0.15) is 0 Å². The van der Waals surface area contributed by atoms with Gasteiger partial charge in [0.2, 0.25) is 18.6 Å². The number of methoxy groups -OCH3 is 1. The Kier molecular flexibility index (Phi) is 8.01. The van der Waals surface area contributed by atoms with Crippen LogP contribution in [0.1, 0.15) is 21.5 Å². The Labute approximate surface area is 212 Å². The monoisotopic (exact) mass is 503 g/mol. The second-order valence-corrected chi connectivity index (χ2v) is 8.07. The van der Waals surface area contributed by atoms with Crippen molar-refractivity contribution in [3.8, 4) is 17.2 Å². The molecule has 0 saturated carbocycles. The molecule has 3 aromatic rings. The average Bonchev–Trinajstić information content (AvgIpc) is 3.40. The van der Waals surface area contributed by atoms with E-state index in [0.29, 0.717) is 22.9 Å². The predicted octanol–water partition coefficient (Wildman–Crippen LogP) is 2.92. The van der Waals surface area contributed by atoms with E-state index in [1.165, 1.54) is 30.3 Å². The van der Waals surface area contributed by atoms with Gasteiger partial charge < -0.3 is 24.8 Å². The smallest absolute Gasteiger partial charge is 0.274 e. The largest absolute Gasteiger partial charge is 0.497 e. The first-order chi connectivity index (χ1) is 17.9. The first-order valence-electron chi connectivity index (χ1n) is 11.3. The van der Waals surface area contributed by atoms with Crippen molar-refractivity contribution in [3.05, 3.63) is 89.5 Å². The van der Waals surface area contributed by atoms with Crippen molar-refractivity contribution < 1.29 is 33.8 Å². The van der Waals surface area contributed by atoms with Gasteiger partial charge >= 0.3 is 0 Å². The Morgan fingerprint density at radius 2 is 1.73 bits per heavy atom. The first-order valence-corrected chi connectivity index (χ1v) is 11.3. The van der Waals surface area contributed by atoms with E-state index in [2.05, 4.69) is 10.6 Å². The molecular formula is C27H25N3O7. The number of hydroxylamine groups is 1. The molecule has 0 unspecified atom stereocenters. The lowest BCUT2D eigenvalue weighted by molar-refractivity contribution is -0.123. The fraction of sp³-hybridized carbons (Fsp3) is 0.148. The van der Waals surface area contributed by atoms with Crippen LogP contribution in [0.25, 0.3) is 6.08 Å². The second-order valence-electron chi connectivity index (χ2n) is 8.07. The van der Waals surface area contributed by atoms with Gasteiger partial charge in [-0.3, -0.25) is 19.6 Å². The standard InChI is InChI=1S/C27H25N3O7/c1-35-21-10-2-17(3-11-21)14-22(27(33)28-20-8-6-19(7-9-20)26(32)30-34)29-25(31)13-5-18-4-12-23-24(15-18)37-16-36-23/h2-13,15,22,34H,14,16H2,1H3,(H,28,33)(H,29,31)(H,30,32)/b13-5+/t22-/m0/s1. The summed E-state index contributed by atoms with van der Waals surface area (Å²) in [5.41, 5.74) is 3.74. The van der Waals surface area contributed by atoms with Gasteiger partial charge in [0.1, 0.15) is 11.8 Å². The number of amides is 3. The molecule has 4 N–H and O–H groups in total. The SMILES string of the molecule is COc1ccc(C[C@H](NC(=O)/C=C/c2ccc3c(c2)OCO3)C(=O)Nc2ccc(C(=O)NO)cc2)cc1. The van der Waals surface area contributed by atoms with Gasteiger partial charge in [-0.25, -0.2) is 5.48 Å². The van der Waals surface area contributed by atoms with Gasteiger partial charge in [-0.1, -0.05) is 18.2 Å². The van der Waals surface area contributed by atoms with Crippen molar-refractivity contribution in [2.45, 2.75) is 12.5 Å². The first kappa shape index (κ1) is 25.3. The van der Waals surface area contributed by atoms with E-state index < -0.39 is 23.8 Å². The third-order valence-corrected chi connectivity index (χ3v) is 5.57. The normalized spacial score (nSPS) is 12.6. The summed E-state index contributed by atoms with van der Waals surface area (Å²) >= 11 is 0. The van der Waals surface area contributed by atoms with Crippen LogP contribution >= 0.6 is 0 Å². The molecule has 0 aliphatic carbocycles. The summed E-state index contributed by atoms with van der Waals surface area (Å²) in [4.78, 5) is 37.4. The summed E-state index contributed by atoms with van der Waals surface area (Å²) in [7, 11) is 1.56. The van der Waals surface area contributed by atoms with Crippen LogP contribution in [0.5, 0.6) is 17.2 Å². The van der Waals surface area contributed by atoms with Crippen LogP contribution < -0.4 is 30.3 Å². The molecule has 1 atom stereocenters. The van der Waals surface area contributed by atoms with E-state index >= 15 is 0 Å². The Morgan fingerprint density at radius 3 is 2.43 bits per heavy atom. The lowest BCUT2D eigenvalue weighted by atomic mass is 10.0. The Hall–Kier alpha value is -4.83. The zero-order chi connectivity index (χ0) is 26.2. The number of benzene rings is 3. The molecule has 0 bridgehead atoms. The number of anilines is 1. The molecule has 1 aliphatic rings. The summed E-state index contributed by atoms with van der Waals surface area (Å²) in [6, 6.07) is 17.5.